The van der Waals surface area contributed by atoms with E-state index in [1.807, 2.05) is 6.07 Å². The van der Waals surface area contributed by atoms with Gasteiger partial charge in [0.25, 0.3) is 5.91 Å². The zero-order chi connectivity index (χ0) is 24.0. The molecule has 1 aromatic carbocycles. The molecule has 4 aromatic heterocycles. The standard InChI is InChI=1S/C23H16F2N6O2S/c1-12-18(19-28-15-7-3-4-8-16(15)31(19)22(24)25)34-23(27-12)29-20(32)17-13(2)33-21(14(17)11-26)30-9-5-6-10-30/h3-10,22H,1-2H3,(H,27,29,32). The molecule has 0 saturated carbocycles. The summed E-state index contributed by atoms with van der Waals surface area (Å²) in [6, 6.07) is 12.2. The SMILES string of the molecule is Cc1nc(NC(=O)c2c(C)oc(-n3cccc3)c2C#N)sc1-c1nc2ccccc2n1C(F)F. The second-order valence-electron chi connectivity index (χ2n) is 7.37. The van der Waals surface area contributed by atoms with Gasteiger partial charge in [0.2, 0.25) is 5.88 Å². The fourth-order valence-electron chi connectivity index (χ4n) is 3.78. The fourth-order valence-corrected chi connectivity index (χ4v) is 4.73. The minimum Gasteiger partial charge on any atom is -0.443 e. The molecule has 4 heterocycles. The Labute approximate surface area is 195 Å². The molecule has 0 unspecified atom stereocenters. The van der Waals surface area contributed by atoms with Crippen LogP contribution < -0.4 is 5.32 Å². The van der Waals surface area contributed by atoms with E-state index >= 15 is 0 Å². The summed E-state index contributed by atoms with van der Waals surface area (Å²) in [4.78, 5) is 22.2. The first-order valence-corrected chi connectivity index (χ1v) is 10.9. The van der Waals surface area contributed by atoms with Gasteiger partial charge < -0.3 is 4.42 Å². The van der Waals surface area contributed by atoms with Crippen molar-refractivity contribution in [1.82, 2.24) is 19.1 Å². The Morgan fingerprint density at radius 2 is 1.91 bits per heavy atom. The number of hydrogen-bond acceptors (Lipinski definition) is 6. The second kappa shape index (κ2) is 8.24. The normalized spacial score (nSPS) is 11.3. The predicted molar refractivity (Wildman–Crippen MR) is 122 cm³/mol. The molecule has 11 heteroatoms. The first kappa shape index (κ1) is 21.5. The van der Waals surface area contributed by atoms with Crippen LogP contribution in [-0.2, 0) is 0 Å². The fraction of sp³-hybridized carbons (Fsp3) is 0.130. The van der Waals surface area contributed by atoms with E-state index in [1.165, 1.54) is 0 Å². The van der Waals surface area contributed by atoms with Gasteiger partial charge in [-0.3, -0.25) is 19.2 Å². The molecule has 0 bridgehead atoms. The van der Waals surface area contributed by atoms with E-state index in [4.69, 9.17) is 4.42 Å². The lowest BCUT2D eigenvalue weighted by molar-refractivity contribution is 0.0764. The van der Waals surface area contributed by atoms with Crippen molar-refractivity contribution in [1.29, 1.82) is 5.26 Å². The van der Waals surface area contributed by atoms with Crippen molar-refractivity contribution in [2.24, 2.45) is 0 Å². The Morgan fingerprint density at radius 1 is 1.18 bits per heavy atom. The number of fused-ring (bicyclic) bond motifs is 1. The van der Waals surface area contributed by atoms with Crippen LogP contribution in [0, 0.1) is 25.2 Å². The van der Waals surface area contributed by atoms with Gasteiger partial charge in [0.15, 0.2) is 11.0 Å². The number of nitrogens with zero attached hydrogens (tertiary/aromatic N) is 5. The Hall–Kier alpha value is -4.30. The quantitative estimate of drug-likeness (QED) is 0.350. The molecular formula is C23H16F2N6O2S. The van der Waals surface area contributed by atoms with Crippen molar-refractivity contribution < 1.29 is 18.0 Å². The molecule has 0 fully saturated rings. The molecule has 0 aliphatic rings. The van der Waals surface area contributed by atoms with Crippen molar-refractivity contribution in [3.8, 4) is 22.7 Å². The van der Waals surface area contributed by atoms with Crippen LogP contribution in [0.5, 0.6) is 0 Å². The smallest absolute Gasteiger partial charge is 0.320 e. The number of carbonyl (C=O) groups excluding carboxylic acids is 1. The molecule has 0 saturated heterocycles. The highest BCUT2D eigenvalue weighted by Gasteiger charge is 2.27. The maximum atomic E-state index is 13.9. The van der Waals surface area contributed by atoms with E-state index in [9.17, 15) is 18.8 Å². The number of nitriles is 1. The molecule has 8 nitrogen and oxygen atoms in total. The number of carbonyl (C=O) groups is 1. The molecule has 5 aromatic rings. The summed E-state index contributed by atoms with van der Waals surface area (Å²) in [5, 5.41) is 12.5. The summed E-state index contributed by atoms with van der Waals surface area (Å²) >= 11 is 1.03. The highest BCUT2D eigenvalue weighted by atomic mass is 32.1. The average molecular weight is 478 g/mol. The van der Waals surface area contributed by atoms with Crippen LogP contribution >= 0.6 is 11.3 Å². The van der Waals surface area contributed by atoms with E-state index in [0.717, 1.165) is 15.9 Å². The van der Waals surface area contributed by atoms with Gasteiger partial charge >= 0.3 is 6.55 Å². The number of aryl methyl sites for hydroxylation is 2. The number of nitrogens with one attached hydrogen (secondary N) is 1. The summed E-state index contributed by atoms with van der Waals surface area (Å²) < 4.78 is 35.9. The summed E-state index contributed by atoms with van der Waals surface area (Å²) in [7, 11) is 0. The lowest BCUT2D eigenvalue weighted by atomic mass is 10.1. The summed E-state index contributed by atoms with van der Waals surface area (Å²) in [5.41, 5.74) is 1.34. The second-order valence-corrected chi connectivity index (χ2v) is 8.37. The van der Waals surface area contributed by atoms with Gasteiger partial charge in [0.05, 0.1) is 21.6 Å². The zero-order valence-electron chi connectivity index (χ0n) is 17.9. The Kier molecular flexibility index (Phi) is 5.22. The van der Waals surface area contributed by atoms with Gasteiger partial charge in [0.1, 0.15) is 23.0 Å². The van der Waals surface area contributed by atoms with E-state index in [2.05, 4.69) is 15.3 Å². The van der Waals surface area contributed by atoms with Crippen LogP contribution in [0.15, 0.2) is 53.2 Å². The van der Waals surface area contributed by atoms with E-state index in [-0.39, 0.29) is 33.7 Å². The third-order valence-corrected chi connectivity index (χ3v) is 6.32. The number of benzene rings is 1. The Morgan fingerprint density at radius 3 is 2.62 bits per heavy atom. The maximum Gasteiger partial charge on any atom is 0.320 e. The van der Waals surface area contributed by atoms with Crippen LogP contribution in [0.25, 0.3) is 27.6 Å². The van der Waals surface area contributed by atoms with Crippen LogP contribution in [-0.4, -0.2) is 25.0 Å². The predicted octanol–water partition coefficient (Wildman–Crippen LogP) is 5.68. The summed E-state index contributed by atoms with van der Waals surface area (Å²) in [6.07, 6.45) is 3.40. The number of imidazole rings is 1. The molecule has 170 valence electrons. The molecule has 0 atom stereocenters. The van der Waals surface area contributed by atoms with Crippen LogP contribution in [0.3, 0.4) is 0 Å². The van der Waals surface area contributed by atoms with Crippen LogP contribution in [0.2, 0.25) is 0 Å². The molecular weight excluding hydrogens is 462 g/mol. The van der Waals surface area contributed by atoms with Gasteiger partial charge in [-0.1, -0.05) is 23.5 Å². The molecule has 0 radical (unpaired) electrons. The summed E-state index contributed by atoms with van der Waals surface area (Å²) in [5.74, 6) is -0.0137. The maximum absolute atomic E-state index is 13.9. The van der Waals surface area contributed by atoms with Crippen molar-refractivity contribution in [2.45, 2.75) is 20.4 Å². The molecule has 5 rings (SSSR count). The van der Waals surface area contributed by atoms with Crippen molar-refractivity contribution >= 4 is 33.4 Å². The van der Waals surface area contributed by atoms with Crippen molar-refractivity contribution in [2.75, 3.05) is 5.32 Å². The van der Waals surface area contributed by atoms with E-state index in [1.54, 1.807) is 67.2 Å². The monoisotopic (exact) mass is 478 g/mol. The number of aromatic nitrogens is 4. The molecule has 1 amide bonds. The van der Waals surface area contributed by atoms with E-state index in [0.29, 0.717) is 21.6 Å². The number of hydrogen-bond donors (Lipinski definition) is 1. The van der Waals surface area contributed by atoms with Gasteiger partial charge in [-0.05, 0) is 38.1 Å². The molecule has 0 aliphatic heterocycles. The number of halogens is 2. The van der Waals surface area contributed by atoms with Crippen molar-refractivity contribution in [3.05, 3.63) is 71.4 Å². The third-order valence-electron chi connectivity index (χ3n) is 5.25. The summed E-state index contributed by atoms with van der Waals surface area (Å²) in [6.45, 7) is 0.442. The van der Waals surface area contributed by atoms with Gasteiger partial charge in [-0.2, -0.15) is 14.0 Å². The first-order valence-electron chi connectivity index (χ1n) is 10.1. The number of anilines is 1. The highest BCUT2D eigenvalue weighted by Crippen LogP contribution is 2.37. The van der Waals surface area contributed by atoms with Crippen LogP contribution in [0.4, 0.5) is 13.9 Å². The minimum atomic E-state index is -2.80. The van der Waals surface area contributed by atoms with Gasteiger partial charge in [-0.25, -0.2) is 9.97 Å². The number of thiazole rings is 1. The first-order chi connectivity index (χ1) is 16.4. The minimum absolute atomic E-state index is 0.0683. The number of para-hydroxylation sites is 2. The number of amides is 1. The van der Waals surface area contributed by atoms with Crippen molar-refractivity contribution in [3.63, 3.8) is 0 Å². The lowest BCUT2D eigenvalue weighted by Crippen LogP contribution is -2.13. The topological polar surface area (TPSA) is 102 Å². The third kappa shape index (κ3) is 3.45. The van der Waals surface area contributed by atoms with Gasteiger partial charge in [-0.15, -0.1) is 0 Å². The Bertz CT molecular complexity index is 1570. The van der Waals surface area contributed by atoms with Gasteiger partial charge in [0, 0.05) is 12.4 Å². The molecule has 0 spiro atoms. The highest BCUT2D eigenvalue weighted by molar-refractivity contribution is 7.19. The average Bonchev–Trinajstić information content (AvgIpc) is 3.57. The van der Waals surface area contributed by atoms with Crippen LogP contribution in [0.1, 0.15) is 33.9 Å². The molecule has 34 heavy (non-hydrogen) atoms. The number of rotatable bonds is 5. The zero-order valence-corrected chi connectivity index (χ0v) is 18.7. The largest absolute Gasteiger partial charge is 0.443 e. The number of alkyl halides is 2. The van der Waals surface area contributed by atoms with E-state index < -0.39 is 12.5 Å². The lowest BCUT2D eigenvalue weighted by Gasteiger charge is -2.06. The Balaban J connectivity index is 1.51. The molecule has 0 aliphatic carbocycles. The number of furan rings is 1. The molecule has 1 N–H and O–H groups in total.